The first-order valence-corrected chi connectivity index (χ1v) is 7.98. The third-order valence-corrected chi connectivity index (χ3v) is 3.43. The van der Waals surface area contributed by atoms with Gasteiger partial charge in [0, 0.05) is 25.0 Å². The smallest absolute Gasteiger partial charge is 0.227 e. The first-order chi connectivity index (χ1) is 12.2. The van der Waals surface area contributed by atoms with E-state index in [1.54, 1.807) is 43.9 Å². The topological polar surface area (TPSA) is 82.1 Å². The molecule has 8 heteroatoms. The number of pyridine rings is 2. The van der Waals surface area contributed by atoms with Crippen molar-refractivity contribution >= 4 is 17.5 Å². The van der Waals surface area contributed by atoms with Gasteiger partial charge >= 0.3 is 0 Å². The number of hydrogen-bond acceptors (Lipinski definition) is 7. The van der Waals surface area contributed by atoms with Crippen molar-refractivity contribution in [1.29, 1.82) is 0 Å². The van der Waals surface area contributed by atoms with Gasteiger partial charge in [-0.1, -0.05) is 11.6 Å². The van der Waals surface area contributed by atoms with Gasteiger partial charge in [0.15, 0.2) is 0 Å². The largest absolute Gasteiger partial charge is 0.480 e. The molecule has 3 heterocycles. The highest BCUT2D eigenvalue weighted by Gasteiger charge is 2.11. The van der Waals surface area contributed by atoms with E-state index in [0.29, 0.717) is 39.7 Å². The summed E-state index contributed by atoms with van der Waals surface area (Å²) in [7, 11) is 1.56. The van der Waals surface area contributed by atoms with Crippen LogP contribution in [0.1, 0.15) is 6.92 Å². The van der Waals surface area contributed by atoms with E-state index < -0.39 is 0 Å². The fourth-order valence-electron chi connectivity index (χ4n) is 2.13. The minimum absolute atomic E-state index is 0.366. The number of rotatable bonds is 6. The molecule has 7 nitrogen and oxygen atoms in total. The Morgan fingerprint density at radius 3 is 2.64 bits per heavy atom. The fraction of sp³-hybridized carbons (Fsp3) is 0.176. The van der Waals surface area contributed by atoms with Crippen LogP contribution in [0.15, 0.2) is 42.9 Å². The first-order valence-electron chi connectivity index (χ1n) is 7.60. The Hall–Kier alpha value is -2.93. The fourth-order valence-corrected chi connectivity index (χ4v) is 2.29. The normalized spacial score (nSPS) is 10.4. The number of halogens is 1. The van der Waals surface area contributed by atoms with Gasteiger partial charge in [0.1, 0.15) is 16.7 Å². The van der Waals surface area contributed by atoms with Crippen LogP contribution in [0.5, 0.6) is 17.4 Å². The monoisotopic (exact) mass is 357 g/mol. The Kier molecular flexibility index (Phi) is 5.25. The van der Waals surface area contributed by atoms with E-state index in [9.17, 15) is 0 Å². The molecule has 3 rings (SSSR count). The van der Waals surface area contributed by atoms with Crippen molar-refractivity contribution in [3.63, 3.8) is 0 Å². The van der Waals surface area contributed by atoms with E-state index >= 15 is 0 Å². The lowest BCUT2D eigenvalue weighted by molar-refractivity contribution is 0.399. The molecule has 0 atom stereocenters. The molecular weight excluding hydrogens is 342 g/mol. The Bertz CT molecular complexity index is 858. The summed E-state index contributed by atoms with van der Waals surface area (Å²) in [5.41, 5.74) is 1.38. The van der Waals surface area contributed by atoms with Gasteiger partial charge in [0.05, 0.1) is 24.6 Å². The maximum Gasteiger partial charge on any atom is 0.227 e. The first kappa shape index (κ1) is 16.9. The summed E-state index contributed by atoms with van der Waals surface area (Å²) in [6.07, 6.45) is 4.87. The van der Waals surface area contributed by atoms with Gasteiger partial charge in [0.2, 0.25) is 11.8 Å². The zero-order valence-corrected chi connectivity index (χ0v) is 14.5. The van der Waals surface area contributed by atoms with Crippen LogP contribution in [-0.2, 0) is 0 Å². The highest BCUT2D eigenvalue weighted by Crippen LogP contribution is 2.29. The van der Waals surface area contributed by atoms with Crippen molar-refractivity contribution in [3.05, 3.63) is 48.0 Å². The molecule has 0 bridgehead atoms. The molecule has 25 heavy (non-hydrogen) atoms. The van der Waals surface area contributed by atoms with Crippen molar-refractivity contribution < 1.29 is 9.47 Å². The molecule has 0 fully saturated rings. The maximum absolute atomic E-state index is 5.85. The molecule has 0 saturated heterocycles. The predicted molar refractivity (Wildman–Crippen MR) is 95.3 cm³/mol. The predicted octanol–water partition coefficient (Wildman–Crippen LogP) is 3.82. The number of ether oxygens (including phenoxy) is 2. The summed E-state index contributed by atoms with van der Waals surface area (Å²) in [5.74, 6) is 2.13. The van der Waals surface area contributed by atoms with Crippen LogP contribution in [0.3, 0.4) is 0 Å². The Morgan fingerprint density at radius 1 is 1.08 bits per heavy atom. The Morgan fingerprint density at radius 2 is 1.96 bits per heavy atom. The standard InChI is InChI=1S/C17H16ClN5O2/c1-3-19-17-22-10-13(16(23-17)24-2)14-5-4-12(9-21-14)25-11-6-7-20-15(18)8-11/h4-10H,3H2,1-2H3,(H,19,22,23). The molecule has 3 aromatic rings. The van der Waals surface area contributed by atoms with Crippen molar-refractivity contribution in [2.24, 2.45) is 0 Å². The lowest BCUT2D eigenvalue weighted by atomic mass is 10.2. The highest BCUT2D eigenvalue weighted by molar-refractivity contribution is 6.29. The molecule has 0 unspecified atom stereocenters. The molecule has 3 aromatic heterocycles. The van der Waals surface area contributed by atoms with E-state index in [1.165, 1.54) is 0 Å². The van der Waals surface area contributed by atoms with Crippen LogP contribution >= 0.6 is 11.6 Å². The average molecular weight is 358 g/mol. The summed E-state index contributed by atoms with van der Waals surface area (Å²) in [6, 6.07) is 6.96. The third kappa shape index (κ3) is 4.13. The second-order valence-corrected chi connectivity index (χ2v) is 5.33. The number of nitrogens with zero attached hydrogens (tertiary/aromatic N) is 4. The van der Waals surface area contributed by atoms with Crippen LogP contribution < -0.4 is 14.8 Å². The molecule has 0 radical (unpaired) electrons. The molecule has 0 saturated carbocycles. The zero-order valence-electron chi connectivity index (χ0n) is 13.7. The van der Waals surface area contributed by atoms with E-state index in [0.717, 1.165) is 6.54 Å². The minimum atomic E-state index is 0.366. The Balaban J connectivity index is 1.82. The lowest BCUT2D eigenvalue weighted by Gasteiger charge is -2.10. The van der Waals surface area contributed by atoms with E-state index in [2.05, 4.69) is 25.3 Å². The number of hydrogen-bond donors (Lipinski definition) is 1. The molecule has 128 valence electrons. The molecule has 1 N–H and O–H groups in total. The summed E-state index contributed by atoms with van der Waals surface area (Å²) >= 11 is 5.85. The van der Waals surface area contributed by atoms with E-state index in [1.807, 2.05) is 13.0 Å². The molecule has 0 aliphatic carbocycles. The van der Waals surface area contributed by atoms with Crippen molar-refractivity contribution in [2.75, 3.05) is 19.0 Å². The highest BCUT2D eigenvalue weighted by atomic mass is 35.5. The van der Waals surface area contributed by atoms with E-state index in [-0.39, 0.29) is 0 Å². The summed E-state index contributed by atoms with van der Waals surface area (Å²) in [5, 5.41) is 3.41. The van der Waals surface area contributed by atoms with Gasteiger partial charge in [0.25, 0.3) is 0 Å². The second-order valence-electron chi connectivity index (χ2n) is 4.94. The average Bonchev–Trinajstić information content (AvgIpc) is 2.63. The van der Waals surface area contributed by atoms with Crippen molar-refractivity contribution in [2.45, 2.75) is 6.92 Å². The van der Waals surface area contributed by atoms with Crippen LogP contribution in [0.4, 0.5) is 5.95 Å². The molecular formula is C17H16ClN5O2. The van der Waals surface area contributed by atoms with Crippen LogP contribution in [0, 0.1) is 0 Å². The SMILES string of the molecule is CCNc1ncc(-c2ccc(Oc3ccnc(Cl)c3)cn2)c(OC)n1. The van der Waals surface area contributed by atoms with Gasteiger partial charge < -0.3 is 14.8 Å². The second kappa shape index (κ2) is 7.76. The van der Waals surface area contributed by atoms with Crippen LogP contribution in [0.25, 0.3) is 11.3 Å². The molecule has 0 aromatic carbocycles. The van der Waals surface area contributed by atoms with Gasteiger partial charge in [-0.15, -0.1) is 0 Å². The zero-order chi connectivity index (χ0) is 17.6. The van der Waals surface area contributed by atoms with Crippen LogP contribution in [0.2, 0.25) is 5.15 Å². The number of aromatic nitrogens is 4. The van der Waals surface area contributed by atoms with E-state index in [4.69, 9.17) is 21.1 Å². The summed E-state index contributed by atoms with van der Waals surface area (Å²) in [6.45, 7) is 2.70. The van der Waals surface area contributed by atoms with Crippen molar-refractivity contribution in [3.8, 4) is 28.6 Å². The summed E-state index contributed by atoms with van der Waals surface area (Å²) in [4.78, 5) is 16.9. The number of nitrogens with one attached hydrogen (secondary N) is 1. The number of anilines is 1. The molecule has 0 amide bonds. The third-order valence-electron chi connectivity index (χ3n) is 3.23. The molecule has 0 aliphatic rings. The maximum atomic E-state index is 5.85. The Labute approximate surface area is 150 Å². The van der Waals surface area contributed by atoms with Crippen molar-refractivity contribution in [1.82, 2.24) is 19.9 Å². The van der Waals surface area contributed by atoms with Gasteiger partial charge in [-0.05, 0) is 25.1 Å². The molecule has 0 aliphatic heterocycles. The summed E-state index contributed by atoms with van der Waals surface area (Å²) < 4.78 is 11.0. The lowest BCUT2D eigenvalue weighted by Crippen LogP contribution is -2.04. The number of methoxy groups -OCH3 is 1. The quantitative estimate of drug-likeness (QED) is 0.671. The minimum Gasteiger partial charge on any atom is -0.480 e. The molecule has 0 spiro atoms. The van der Waals surface area contributed by atoms with Gasteiger partial charge in [-0.3, -0.25) is 4.98 Å². The van der Waals surface area contributed by atoms with Gasteiger partial charge in [-0.2, -0.15) is 4.98 Å². The van der Waals surface area contributed by atoms with Crippen LogP contribution in [-0.4, -0.2) is 33.6 Å². The van der Waals surface area contributed by atoms with Gasteiger partial charge in [-0.25, -0.2) is 9.97 Å².